The van der Waals surface area contributed by atoms with Crippen LogP contribution in [0.25, 0.3) is 10.4 Å². The van der Waals surface area contributed by atoms with E-state index in [1.54, 1.807) is 0 Å². The Labute approximate surface area is 102 Å². The first-order chi connectivity index (χ1) is 8.19. The van der Waals surface area contributed by atoms with E-state index < -0.39 is 6.10 Å². The molecule has 0 aliphatic heterocycles. The Hall–Kier alpha value is -1.51. The molecular weight excluding hydrogens is 214 g/mol. The molecule has 0 heterocycles. The summed E-state index contributed by atoms with van der Waals surface area (Å²) in [6.07, 6.45) is 1.03. The molecule has 0 saturated heterocycles. The Balaban J connectivity index is 2.63. The molecule has 1 aromatic carbocycles. The second kappa shape index (κ2) is 6.94. The molecule has 0 aromatic heterocycles. The fourth-order valence-corrected chi connectivity index (χ4v) is 1.67. The van der Waals surface area contributed by atoms with Crippen molar-refractivity contribution in [2.75, 3.05) is 6.54 Å². The van der Waals surface area contributed by atoms with Crippen molar-refractivity contribution in [1.82, 2.24) is 0 Å². The fraction of sp³-hybridized carbons (Fsp3) is 0.538. The Morgan fingerprint density at radius 1 is 1.29 bits per heavy atom. The third-order valence-corrected chi connectivity index (χ3v) is 3.07. The van der Waals surface area contributed by atoms with Crippen LogP contribution in [0.1, 0.15) is 49.8 Å². The van der Waals surface area contributed by atoms with Gasteiger partial charge in [-0.05, 0) is 35.4 Å². The fourth-order valence-electron chi connectivity index (χ4n) is 1.67. The summed E-state index contributed by atoms with van der Waals surface area (Å²) < 4.78 is 0. The van der Waals surface area contributed by atoms with Gasteiger partial charge in [-0.2, -0.15) is 0 Å². The van der Waals surface area contributed by atoms with Crippen LogP contribution in [0.15, 0.2) is 29.4 Å². The molecule has 2 unspecified atom stereocenters. The van der Waals surface area contributed by atoms with E-state index in [4.69, 9.17) is 5.53 Å². The number of rotatable bonds is 6. The molecule has 0 aliphatic rings. The van der Waals surface area contributed by atoms with Gasteiger partial charge in [-0.25, -0.2) is 0 Å². The van der Waals surface area contributed by atoms with Gasteiger partial charge in [-0.3, -0.25) is 0 Å². The minimum absolute atomic E-state index is 0.324. The zero-order valence-corrected chi connectivity index (χ0v) is 10.4. The van der Waals surface area contributed by atoms with Crippen molar-refractivity contribution in [3.63, 3.8) is 0 Å². The molecule has 4 nitrogen and oxygen atoms in total. The predicted octanol–water partition coefficient (Wildman–Crippen LogP) is 3.93. The van der Waals surface area contributed by atoms with Crippen molar-refractivity contribution in [3.8, 4) is 0 Å². The number of aliphatic hydroxyl groups is 1. The summed E-state index contributed by atoms with van der Waals surface area (Å²) in [5, 5.41) is 13.3. The van der Waals surface area contributed by atoms with E-state index in [0.29, 0.717) is 18.9 Å². The molecule has 1 N–H and O–H groups in total. The van der Waals surface area contributed by atoms with Crippen LogP contribution in [0.2, 0.25) is 0 Å². The summed E-state index contributed by atoms with van der Waals surface area (Å²) in [4.78, 5) is 2.66. The van der Waals surface area contributed by atoms with E-state index in [1.807, 2.05) is 12.1 Å². The highest BCUT2D eigenvalue weighted by Gasteiger charge is 2.08. The Kier molecular flexibility index (Phi) is 5.53. The molecule has 0 amide bonds. The van der Waals surface area contributed by atoms with Gasteiger partial charge in [0, 0.05) is 11.5 Å². The van der Waals surface area contributed by atoms with Crippen molar-refractivity contribution in [2.24, 2.45) is 5.11 Å². The lowest BCUT2D eigenvalue weighted by Gasteiger charge is -2.12. The van der Waals surface area contributed by atoms with Crippen molar-refractivity contribution in [3.05, 3.63) is 45.8 Å². The van der Waals surface area contributed by atoms with Crippen LogP contribution in [0.3, 0.4) is 0 Å². The summed E-state index contributed by atoms with van der Waals surface area (Å²) in [5.41, 5.74) is 10.3. The zero-order chi connectivity index (χ0) is 12.7. The van der Waals surface area contributed by atoms with E-state index in [-0.39, 0.29) is 0 Å². The number of aliphatic hydroxyl groups excluding tert-OH is 1. The lowest BCUT2D eigenvalue weighted by molar-refractivity contribution is 0.170. The van der Waals surface area contributed by atoms with Crippen molar-refractivity contribution in [1.29, 1.82) is 0 Å². The van der Waals surface area contributed by atoms with Gasteiger partial charge in [0.25, 0.3) is 0 Å². The van der Waals surface area contributed by atoms with Gasteiger partial charge in [0.1, 0.15) is 0 Å². The number of benzene rings is 1. The SMILES string of the molecule is CCC(C)c1ccc(C(O)CCN=[N+]=[N-])cc1. The monoisotopic (exact) mass is 233 g/mol. The maximum atomic E-state index is 9.85. The first-order valence-electron chi connectivity index (χ1n) is 5.97. The first kappa shape index (κ1) is 13.6. The first-order valence-corrected chi connectivity index (χ1v) is 5.97. The van der Waals surface area contributed by atoms with Gasteiger partial charge in [-0.1, -0.05) is 43.2 Å². The largest absolute Gasteiger partial charge is 0.388 e. The molecule has 0 radical (unpaired) electrons. The minimum atomic E-state index is -0.550. The van der Waals surface area contributed by atoms with Gasteiger partial charge in [0.05, 0.1) is 6.10 Å². The topological polar surface area (TPSA) is 69.0 Å². The summed E-state index contributed by atoms with van der Waals surface area (Å²) >= 11 is 0. The van der Waals surface area contributed by atoms with Crippen LogP contribution in [0.4, 0.5) is 0 Å². The van der Waals surface area contributed by atoms with Crippen molar-refractivity contribution >= 4 is 0 Å². The maximum Gasteiger partial charge on any atom is 0.0791 e. The Bertz CT molecular complexity index is 382. The number of nitrogens with zero attached hydrogens (tertiary/aromatic N) is 3. The molecule has 0 saturated carbocycles. The second-order valence-corrected chi connectivity index (χ2v) is 4.23. The summed E-state index contributed by atoms with van der Waals surface area (Å²) in [5.74, 6) is 0.546. The Morgan fingerprint density at radius 3 is 2.41 bits per heavy atom. The molecule has 2 atom stereocenters. The average molecular weight is 233 g/mol. The minimum Gasteiger partial charge on any atom is -0.388 e. The molecular formula is C13H19N3O. The maximum absolute atomic E-state index is 9.85. The smallest absolute Gasteiger partial charge is 0.0791 e. The van der Waals surface area contributed by atoms with Crippen molar-refractivity contribution < 1.29 is 5.11 Å². The highest BCUT2D eigenvalue weighted by Crippen LogP contribution is 2.22. The lowest BCUT2D eigenvalue weighted by atomic mass is 9.96. The zero-order valence-electron chi connectivity index (χ0n) is 10.4. The number of hydrogen-bond donors (Lipinski definition) is 1. The van der Waals surface area contributed by atoms with Gasteiger partial charge in [0.15, 0.2) is 0 Å². The molecule has 1 aromatic rings. The van der Waals surface area contributed by atoms with E-state index in [9.17, 15) is 5.11 Å². The number of azide groups is 1. The van der Waals surface area contributed by atoms with Gasteiger partial charge in [-0.15, -0.1) is 0 Å². The summed E-state index contributed by atoms with van der Waals surface area (Å²) in [6.45, 7) is 4.67. The van der Waals surface area contributed by atoms with Gasteiger partial charge in [0.2, 0.25) is 0 Å². The third-order valence-electron chi connectivity index (χ3n) is 3.07. The van der Waals surface area contributed by atoms with Gasteiger partial charge >= 0.3 is 0 Å². The average Bonchev–Trinajstić information content (AvgIpc) is 2.38. The highest BCUT2D eigenvalue weighted by molar-refractivity contribution is 5.26. The van der Waals surface area contributed by atoms with E-state index >= 15 is 0 Å². The van der Waals surface area contributed by atoms with Crippen LogP contribution in [-0.2, 0) is 0 Å². The quantitative estimate of drug-likeness (QED) is 0.451. The highest BCUT2D eigenvalue weighted by atomic mass is 16.3. The van der Waals surface area contributed by atoms with E-state index in [2.05, 4.69) is 36.0 Å². The molecule has 1 rings (SSSR count). The molecule has 0 bridgehead atoms. The second-order valence-electron chi connectivity index (χ2n) is 4.23. The molecule has 0 fully saturated rings. The molecule has 17 heavy (non-hydrogen) atoms. The standard InChI is InChI=1S/C13H19N3O/c1-3-10(2)11-4-6-12(7-5-11)13(17)8-9-15-16-14/h4-7,10,13,17H,3,8-9H2,1-2H3. The van der Waals surface area contributed by atoms with Crippen LogP contribution >= 0.6 is 0 Å². The van der Waals surface area contributed by atoms with Gasteiger partial charge < -0.3 is 5.11 Å². The Morgan fingerprint density at radius 2 is 1.88 bits per heavy atom. The predicted molar refractivity (Wildman–Crippen MR) is 68.7 cm³/mol. The number of hydrogen-bond acceptors (Lipinski definition) is 2. The molecule has 0 aliphatic carbocycles. The van der Waals surface area contributed by atoms with E-state index in [0.717, 1.165) is 12.0 Å². The summed E-state index contributed by atoms with van der Waals surface area (Å²) in [6, 6.07) is 8.01. The molecule has 4 heteroatoms. The van der Waals surface area contributed by atoms with Crippen LogP contribution in [-0.4, -0.2) is 11.7 Å². The molecule has 92 valence electrons. The third kappa shape index (κ3) is 4.10. The normalized spacial score (nSPS) is 13.8. The van der Waals surface area contributed by atoms with Crippen LogP contribution < -0.4 is 0 Å². The van der Waals surface area contributed by atoms with E-state index in [1.165, 1.54) is 5.56 Å². The summed E-state index contributed by atoms with van der Waals surface area (Å²) in [7, 11) is 0. The lowest BCUT2D eigenvalue weighted by Crippen LogP contribution is -2.00. The van der Waals surface area contributed by atoms with Crippen LogP contribution in [0, 0.1) is 0 Å². The van der Waals surface area contributed by atoms with Crippen LogP contribution in [0.5, 0.6) is 0 Å². The van der Waals surface area contributed by atoms with Crippen molar-refractivity contribution in [2.45, 2.75) is 38.7 Å². The molecule has 0 spiro atoms.